The van der Waals surface area contributed by atoms with Gasteiger partial charge in [-0.15, -0.1) is 11.3 Å². The molecule has 3 unspecified atom stereocenters. The summed E-state index contributed by atoms with van der Waals surface area (Å²) in [6.07, 6.45) is 8.35. The number of aromatic nitrogens is 3. The smallest absolute Gasteiger partial charge is 0.406 e. The quantitative estimate of drug-likeness (QED) is 0.112. The van der Waals surface area contributed by atoms with Gasteiger partial charge in [-0.2, -0.15) is 13.2 Å². The van der Waals surface area contributed by atoms with E-state index in [0.717, 1.165) is 64.7 Å². The maximum absolute atomic E-state index is 15.2. The third kappa shape index (κ3) is 10.2. The van der Waals surface area contributed by atoms with Crippen molar-refractivity contribution in [1.29, 1.82) is 0 Å². The van der Waals surface area contributed by atoms with Crippen LogP contribution in [0, 0.1) is 22.7 Å². The first-order chi connectivity index (χ1) is 36.5. The molecule has 2 N–H and O–H groups in total. The predicted molar refractivity (Wildman–Crippen MR) is 280 cm³/mol. The van der Waals surface area contributed by atoms with E-state index >= 15 is 4.79 Å². The molecule has 15 nitrogen and oxygen atoms in total. The van der Waals surface area contributed by atoms with Gasteiger partial charge < -0.3 is 24.3 Å². The maximum Gasteiger partial charge on any atom is 0.406 e. The van der Waals surface area contributed by atoms with Gasteiger partial charge in [-0.1, -0.05) is 32.8 Å². The van der Waals surface area contributed by atoms with Gasteiger partial charge in [-0.05, 0) is 126 Å². The number of hydrogen-bond acceptors (Lipinski definition) is 12. The van der Waals surface area contributed by atoms with Crippen LogP contribution in [0.2, 0.25) is 0 Å². The van der Waals surface area contributed by atoms with Gasteiger partial charge in [0.1, 0.15) is 24.7 Å². The van der Waals surface area contributed by atoms with E-state index < -0.39 is 48.3 Å². The van der Waals surface area contributed by atoms with E-state index in [1.54, 1.807) is 30.5 Å². The molecule has 408 valence electrons. The van der Waals surface area contributed by atoms with Crippen LogP contribution >= 0.6 is 11.3 Å². The van der Waals surface area contributed by atoms with E-state index in [1.165, 1.54) is 53.7 Å². The van der Waals surface area contributed by atoms with Gasteiger partial charge >= 0.3 is 12.1 Å². The van der Waals surface area contributed by atoms with E-state index in [2.05, 4.69) is 30.4 Å². The van der Waals surface area contributed by atoms with Gasteiger partial charge in [0.05, 0.1) is 40.8 Å². The molecular formula is C57H72F3N9O6S. The fourth-order valence-electron chi connectivity index (χ4n) is 14.0. The Hall–Kier alpha value is -4.95. The van der Waals surface area contributed by atoms with Crippen molar-refractivity contribution in [2.75, 3.05) is 46.4 Å². The number of thiazole rings is 1. The number of fused-ring (bicyclic) bond motifs is 6. The fourth-order valence-corrected chi connectivity index (χ4v) is 14.8. The van der Waals surface area contributed by atoms with E-state index in [4.69, 9.17) is 14.5 Å². The number of ether oxygens (including phenoxy) is 2. The van der Waals surface area contributed by atoms with Crippen molar-refractivity contribution in [2.45, 2.75) is 166 Å². The topological polar surface area (TPSA) is 154 Å². The van der Waals surface area contributed by atoms with Gasteiger partial charge in [-0.3, -0.25) is 39.0 Å². The summed E-state index contributed by atoms with van der Waals surface area (Å²) in [5, 5.41) is 7.83. The number of hydrogen-bond donors (Lipinski definition) is 2. The van der Waals surface area contributed by atoms with Crippen LogP contribution in [0.15, 0.2) is 41.9 Å². The standard InChI is InChI=1S/C57H72F3N9O6S/c1-33(74-4)46-38(11-7-21-61-46)49-40-27-55(2,3)32-75-54(73)41-12-8-22-68(64-41)52(71)42(26-45-62-43(28-76-45)36-15-18-44(39(40)25-36)67(49)31-57(58,59)60)63-51(70)48(34-9-5-6-10-34)65-23-19-56(29-65)20-24-66(30-56)53(72)50-47(35-13-14-35)69(50)37-16-17-37/h7,11,15,18,21,25,28,33-35,37,41-42,47-48,50,64H,5-6,8-10,12-14,16-17,19-20,22-24,26-27,29-32H2,1-4H3,(H,63,70)/t33-,41-,42-,47?,48?,50+,56-,69?/m0/s1. The summed E-state index contributed by atoms with van der Waals surface area (Å²) in [5.41, 5.74) is 5.98. The highest BCUT2D eigenvalue weighted by Gasteiger charge is 2.64. The largest absolute Gasteiger partial charge is 0.464 e. The third-order valence-electron chi connectivity index (χ3n) is 18.1. The number of nitrogens with zero attached hydrogens (tertiary/aromatic N) is 7. The summed E-state index contributed by atoms with van der Waals surface area (Å²) in [7, 11) is 1.54. The van der Waals surface area contributed by atoms with Crippen molar-refractivity contribution in [3.8, 4) is 22.5 Å². The number of carbonyl (C=O) groups excluding carboxylic acids is 4. The summed E-state index contributed by atoms with van der Waals surface area (Å²) >= 11 is 1.36. The number of rotatable bonds is 11. The number of nitrogens with one attached hydrogen (secondary N) is 2. The van der Waals surface area contributed by atoms with Crippen LogP contribution in [-0.4, -0.2) is 147 Å². The SMILES string of the molecule is CO[C@@H](C)c1ncccc1-c1c2c3cc(ccc3n1CC(F)(F)F)-c1csc(n1)C[C@H](NC(=O)C(C1CCCC1)N1CC[C@]3(CCN(C(=O)[C@H]4C(C5CC5)N4C4CC4)C3)C1)C(=O)N1CCC[C@H](N1)C(=O)OCC(C)(C)C2. The zero-order chi connectivity index (χ0) is 52.8. The number of halogens is 3. The molecule has 3 aliphatic carbocycles. The number of benzene rings is 1. The second-order valence-electron chi connectivity index (χ2n) is 24.4. The summed E-state index contributed by atoms with van der Waals surface area (Å²) in [6.45, 7) is 7.61. The van der Waals surface area contributed by atoms with Crippen molar-refractivity contribution in [3.63, 3.8) is 0 Å². The Bertz CT molecular complexity index is 2880. The molecule has 5 aliphatic heterocycles. The average molecular weight is 1070 g/mol. The maximum atomic E-state index is 15.2. The van der Waals surface area contributed by atoms with E-state index in [0.29, 0.717) is 93.0 Å². The molecule has 1 aromatic carbocycles. The van der Waals surface area contributed by atoms with Gasteiger partial charge in [0.15, 0.2) is 0 Å². The lowest BCUT2D eigenvalue weighted by atomic mass is 9.84. The second-order valence-corrected chi connectivity index (χ2v) is 25.3. The number of methoxy groups -OCH3 is 1. The molecule has 7 fully saturated rings. The zero-order valence-corrected chi connectivity index (χ0v) is 45.0. The number of carbonyl (C=O) groups is 4. The molecule has 3 amide bonds. The monoisotopic (exact) mass is 1070 g/mol. The average Bonchev–Trinajstić information content (AvgIpc) is 4.37. The number of alkyl halides is 3. The van der Waals surface area contributed by atoms with Crippen molar-refractivity contribution in [2.24, 2.45) is 22.7 Å². The summed E-state index contributed by atoms with van der Waals surface area (Å²) in [6, 6.07) is 7.60. The Morgan fingerprint density at radius 2 is 1.79 bits per heavy atom. The fraction of sp³-hybridized carbons (Fsp3) is 0.649. The highest BCUT2D eigenvalue weighted by atomic mass is 32.1. The third-order valence-corrected chi connectivity index (χ3v) is 19.0. The second kappa shape index (κ2) is 20.1. The van der Waals surface area contributed by atoms with Gasteiger partial charge in [-0.25, -0.2) is 10.4 Å². The number of pyridine rings is 1. The number of likely N-dealkylation sites (tertiary alicyclic amines) is 2. The highest BCUT2D eigenvalue weighted by molar-refractivity contribution is 7.10. The van der Waals surface area contributed by atoms with Gasteiger partial charge in [0.25, 0.3) is 5.91 Å². The lowest BCUT2D eigenvalue weighted by Crippen LogP contribution is -2.62. The Balaban J connectivity index is 0.858. The summed E-state index contributed by atoms with van der Waals surface area (Å²) in [4.78, 5) is 75.1. The number of amides is 3. The number of esters is 1. The molecule has 1 spiro atoms. The molecule has 4 aromatic rings. The first-order valence-corrected chi connectivity index (χ1v) is 28.8. The van der Waals surface area contributed by atoms with E-state index in [1.807, 2.05) is 32.2 Å². The first kappa shape index (κ1) is 51.8. The Labute approximate surface area is 446 Å². The Morgan fingerprint density at radius 1 is 1.00 bits per heavy atom. The van der Waals surface area contributed by atoms with Gasteiger partial charge in [0, 0.05) is 96.2 Å². The van der Waals surface area contributed by atoms with Crippen molar-refractivity contribution >= 4 is 45.9 Å². The number of hydrazine groups is 1. The molecule has 4 saturated heterocycles. The molecule has 0 radical (unpaired) electrons. The van der Waals surface area contributed by atoms with Gasteiger partial charge in [0.2, 0.25) is 11.8 Å². The summed E-state index contributed by atoms with van der Waals surface area (Å²) in [5.74, 6) is -0.0141. The molecule has 8 heterocycles. The van der Waals surface area contributed by atoms with Crippen LogP contribution in [0.5, 0.6) is 0 Å². The minimum Gasteiger partial charge on any atom is -0.464 e. The zero-order valence-electron chi connectivity index (χ0n) is 44.2. The van der Waals surface area contributed by atoms with Crippen LogP contribution in [-0.2, 0) is 48.0 Å². The molecule has 76 heavy (non-hydrogen) atoms. The lowest BCUT2D eigenvalue weighted by molar-refractivity contribution is -0.155. The molecule has 6 bridgehead atoms. The normalized spacial score (nSPS) is 29.2. The van der Waals surface area contributed by atoms with Crippen molar-refractivity contribution in [3.05, 3.63) is 58.2 Å². The van der Waals surface area contributed by atoms with Crippen LogP contribution in [0.25, 0.3) is 33.4 Å². The lowest BCUT2D eigenvalue weighted by Gasteiger charge is -2.37. The molecular weight excluding hydrogens is 996 g/mol. The highest BCUT2D eigenvalue weighted by Crippen LogP contribution is 2.54. The Morgan fingerprint density at radius 3 is 2.54 bits per heavy atom. The van der Waals surface area contributed by atoms with Crippen molar-refractivity contribution < 1.29 is 41.8 Å². The molecule has 8 aliphatic rings. The van der Waals surface area contributed by atoms with Crippen LogP contribution in [0.3, 0.4) is 0 Å². The molecule has 19 heteroatoms. The van der Waals surface area contributed by atoms with Crippen LogP contribution in [0.4, 0.5) is 13.2 Å². The predicted octanol–water partition coefficient (Wildman–Crippen LogP) is 7.85. The van der Waals surface area contributed by atoms with Crippen LogP contribution in [0.1, 0.15) is 120 Å². The van der Waals surface area contributed by atoms with Crippen LogP contribution < -0.4 is 10.7 Å². The molecule has 3 saturated carbocycles. The minimum atomic E-state index is -4.57. The van der Waals surface area contributed by atoms with E-state index in [9.17, 15) is 27.6 Å². The minimum absolute atomic E-state index is 0.0442. The molecule has 12 rings (SSSR count). The van der Waals surface area contributed by atoms with Crippen molar-refractivity contribution in [1.82, 2.24) is 45.0 Å². The number of cyclic esters (lactones) is 1. The Kier molecular flexibility index (Phi) is 13.7. The van der Waals surface area contributed by atoms with E-state index in [-0.39, 0.29) is 48.6 Å². The molecule has 8 atom stereocenters. The summed E-state index contributed by atoms with van der Waals surface area (Å²) < 4.78 is 57.4. The first-order valence-electron chi connectivity index (χ1n) is 28.0. The molecule has 3 aromatic heterocycles.